The third kappa shape index (κ3) is 2.84. The molecule has 1 rings (SSSR count). The molecule has 14 heavy (non-hydrogen) atoms. The molecule has 0 amide bonds. The molecule has 0 spiro atoms. The van der Waals surface area contributed by atoms with Gasteiger partial charge >= 0.3 is 5.97 Å². The zero-order valence-electron chi connectivity index (χ0n) is 8.78. The fraction of sp³-hybridized carbons (Fsp3) is 0.545. The second-order valence-electron chi connectivity index (χ2n) is 4.54. The number of thiophene rings is 1. The number of rotatable bonds is 3. The zero-order valence-corrected chi connectivity index (χ0v) is 9.60. The van der Waals surface area contributed by atoms with Crippen LogP contribution in [-0.2, 0) is 11.2 Å². The van der Waals surface area contributed by atoms with Crippen LogP contribution in [0, 0.1) is 11.3 Å². The van der Waals surface area contributed by atoms with E-state index in [9.17, 15) is 4.79 Å². The van der Waals surface area contributed by atoms with E-state index in [1.54, 1.807) is 11.3 Å². The summed E-state index contributed by atoms with van der Waals surface area (Å²) in [7, 11) is 0. The lowest BCUT2D eigenvalue weighted by atomic mass is 9.78. The molecule has 1 aromatic heterocycles. The summed E-state index contributed by atoms with van der Waals surface area (Å²) >= 11 is 1.62. The fourth-order valence-corrected chi connectivity index (χ4v) is 2.15. The van der Waals surface area contributed by atoms with Crippen LogP contribution in [0.15, 0.2) is 17.5 Å². The van der Waals surface area contributed by atoms with E-state index in [0.29, 0.717) is 6.42 Å². The highest BCUT2D eigenvalue weighted by atomic mass is 32.1. The van der Waals surface area contributed by atoms with Gasteiger partial charge in [-0.05, 0) is 23.3 Å². The van der Waals surface area contributed by atoms with Crippen molar-refractivity contribution in [3.05, 3.63) is 22.4 Å². The van der Waals surface area contributed by atoms with Crippen molar-refractivity contribution in [3.8, 4) is 0 Å². The second kappa shape index (κ2) is 4.13. The SMILES string of the molecule is CC(C)(C)C(Cc1cccs1)C(=O)O. The van der Waals surface area contributed by atoms with Crippen molar-refractivity contribution >= 4 is 17.3 Å². The van der Waals surface area contributed by atoms with Gasteiger partial charge in [0, 0.05) is 4.88 Å². The van der Waals surface area contributed by atoms with Gasteiger partial charge in [-0.15, -0.1) is 11.3 Å². The van der Waals surface area contributed by atoms with Crippen LogP contribution in [0.5, 0.6) is 0 Å². The predicted molar refractivity (Wildman–Crippen MR) is 58.6 cm³/mol. The van der Waals surface area contributed by atoms with Crippen molar-refractivity contribution in [1.29, 1.82) is 0 Å². The normalized spacial score (nSPS) is 13.9. The van der Waals surface area contributed by atoms with Crippen LogP contribution in [0.25, 0.3) is 0 Å². The number of carboxylic acid groups (broad SMARTS) is 1. The number of carboxylic acids is 1. The number of aliphatic carboxylic acids is 1. The maximum Gasteiger partial charge on any atom is 0.307 e. The molecule has 0 aromatic carbocycles. The smallest absolute Gasteiger partial charge is 0.307 e. The minimum atomic E-state index is -0.703. The van der Waals surface area contributed by atoms with E-state index in [0.717, 1.165) is 4.88 Å². The van der Waals surface area contributed by atoms with Crippen molar-refractivity contribution in [3.63, 3.8) is 0 Å². The molecule has 1 N–H and O–H groups in total. The largest absolute Gasteiger partial charge is 0.481 e. The Morgan fingerprint density at radius 1 is 1.57 bits per heavy atom. The Balaban J connectivity index is 2.76. The summed E-state index contributed by atoms with van der Waals surface area (Å²) in [5.74, 6) is -1.01. The summed E-state index contributed by atoms with van der Waals surface area (Å²) in [5.41, 5.74) is -0.185. The van der Waals surface area contributed by atoms with Crippen LogP contribution in [0.3, 0.4) is 0 Å². The van der Waals surface area contributed by atoms with Crippen LogP contribution in [0.1, 0.15) is 25.6 Å². The summed E-state index contributed by atoms with van der Waals surface area (Å²) in [6.07, 6.45) is 0.635. The van der Waals surface area contributed by atoms with Gasteiger partial charge in [0.05, 0.1) is 5.92 Å². The quantitative estimate of drug-likeness (QED) is 0.836. The van der Waals surface area contributed by atoms with Gasteiger partial charge in [0.2, 0.25) is 0 Å². The maximum atomic E-state index is 11.1. The number of hydrogen-bond acceptors (Lipinski definition) is 2. The first kappa shape index (κ1) is 11.2. The molecule has 0 saturated heterocycles. The van der Waals surface area contributed by atoms with Gasteiger partial charge in [0.1, 0.15) is 0 Å². The molecule has 78 valence electrons. The fourth-order valence-electron chi connectivity index (χ4n) is 1.39. The molecule has 0 saturated carbocycles. The van der Waals surface area contributed by atoms with Gasteiger partial charge < -0.3 is 5.11 Å². The topological polar surface area (TPSA) is 37.3 Å². The van der Waals surface area contributed by atoms with Crippen molar-refractivity contribution in [2.75, 3.05) is 0 Å². The van der Waals surface area contributed by atoms with Crippen molar-refractivity contribution in [1.82, 2.24) is 0 Å². The average Bonchev–Trinajstić information content (AvgIpc) is 2.48. The van der Waals surface area contributed by atoms with Gasteiger partial charge in [0.25, 0.3) is 0 Å². The molecule has 0 aliphatic carbocycles. The molecule has 0 bridgehead atoms. The zero-order chi connectivity index (χ0) is 10.8. The monoisotopic (exact) mass is 212 g/mol. The molecule has 0 fully saturated rings. The molecule has 2 nitrogen and oxygen atoms in total. The van der Waals surface area contributed by atoms with Crippen molar-refractivity contribution < 1.29 is 9.90 Å². The predicted octanol–water partition coefficient (Wildman–Crippen LogP) is 3.04. The first-order valence-electron chi connectivity index (χ1n) is 4.66. The minimum Gasteiger partial charge on any atom is -0.481 e. The minimum absolute atomic E-state index is 0.185. The molecule has 3 heteroatoms. The maximum absolute atomic E-state index is 11.1. The lowest BCUT2D eigenvalue weighted by molar-refractivity contribution is -0.145. The average molecular weight is 212 g/mol. The lowest BCUT2D eigenvalue weighted by Crippen LogP contribution is -2.30. The first-order chi connectivity index (χ1) is 6.41. The highest BCUT2D eigenvalue weighted by molar-refractivity contribution is 7.09. The Bertz CT molecular complexity index is 296. The van der Waals surface area contributed by atoms with E-state index in [1.807, 2.05) is 38.3 Å². The van der Waals surface area contributed by atoms with Gasteiger partial charge in [-0.1, -0.05) is 26.8 Å². The second-order valence-corrected chi connectivity index (χ2v) is 5.57. The summed E-state index contributed by atoms with van der Waals surface area (Å²) < 4.78 is 0. The first-order valence-corrected chi connectivity index (χ1v) is 5.54. The van der Waals surface area contributed by atoms with Gasteiger partial charge in [-0.25, -0.2) is 0 Å². The van der Waals surface area contributed by atoms with E-state index >= 15 is 0 Å². The van der Waals surface area contributed by atoms with Crippen LogP contribution in [0.2, 0.25) is 0 Å². The summed E-state index contributed by atoms with van der Waals surface area (Å²) in [6.45, 7) is 5.91. The number of carbonyl (C=O) groups is 1. The lowest BCUT2D eigenvalue weighted by Gasteiger charge is -2.26. The Hall–Kier alpha value is -0.830. The van der Waals surface area contributed by atoms with Gasteiger partial charge in [0.15, 0.2) is 0 Å². The molecule has 1 atom stereocenters. The summed E-state index contributed by atoms with van der Waals surface area (Å²) in [4.78, 5) is 12.2. The van der Waals surface area contributed by atoms with Gasteiger partial charge in [-0.3, -0.25) is 4.79 Å². The summed E-state index contributed by atoms with van der Waals surface area (Å²) in [6, 6.07) is 3.95. The molecule has 1 heterocycles. The molecule has 0 radical (unpaired) electrons. The standard InChI is InChI=1S/C11H16O2S/c1-11(2,3)9(10(12)13)7-8-5-4-6-14-8/h4-6,9H,7H2,1-3H3,(H,12,13). The van der Waals surface area contributed by atoms with Crippen LogP contribution in [-0.4, -0.2) is 11.1 Å². The molecule has 0 aliphatic heterocycles. The van der Waals surface area contributed by atoms with Crippen LogP contribution < -0.4 is 0 Å². The van der Waals surface area contributed by atoms with E-state index in [4.69, 9.17) is 5.11 Å². The van der Waals surface area contributed by atoms with E-state index in [2.05, 4.69) is 0 Å². The van der Waals surface area contributed by atoms with Crippen LogP contribution in [0.4, 0.5) is 0 Å². The molecular formula is C11H16O2S. The third-order valence-electron chi connectivity index (χ3n) is 2.33. The molecule has 0 aliphatic rings. The van der Waals surface area contributed by atoms with Crippen LogP contribution >= 0.6 is 11.3 Å². The highest BCUT2D eigenvalue weighted by Gasteiger charge is 2.31. The van der Waals surface area contributed by atoms with E-state index < -0.39 is 5.97 Å². The van der Waals surface area contributed by atoms with Crippen molar-refractivity contribution in [2.24, 2.45) is 11.3 Å². The highest BCUT2D eigenvalue weighted by Crippen LogP contribution is 2.30. The Labute approximate surface area is 88.6 Å². The Morgan fingerprint density at radius 3 is 2.57 bits per heavy atom. The summed E-state index contributed by atoms with van der Waals surface area (Å²) in [5, 5.41) is 11.1. The van der Waals surface area contributed by atoms with Crippen molar-refractivity contribution in [2.45, 2.75) is 27.2 Å². The van der Waals surface area contributed by atoms with E-state index in [-0.39, 0.29) is 11.3 Å². The Kier molecular flexibility index (Phi) is 3.32. The molecule has 1 unspecified atom stereocenters. The number of hydrogen-bond donors (Lipinski definition) is 1. The third-order valence-corrected chi connectivity index (χ3v) is 3.23. The van der Waals surface area contributed by atoms with E-state index in [1.165, 1.54) is 0 Å². The Morgan fingerprint density at radius 2 is 2.21 bits per heavy atom. The molecule has 1 aromatic rings. The van der Waals surface area contributed by atoms with Gasteiger partial charge in [-0.2, -0.15) is 0 Å². The molecular weight excluding hydrogens is 196 g/mol.